The van der Waals surface area contributed by atoms with Crippen LogP contribution in [0.1, 0.15) is 47.0 Å². The van der Waals surface area contributed by atoms with E-state index < -0.39 is 0 Å². The molecule has 1 atom stereocenters. The minimum Gasteiger partial charge on any atom is -0.342 e. The molecule has 2 aliphatic rings. The quantitative estimate of drug-likeness (QED) is 0.868. The summed E-state index contributed by atoms with van der Waals surface area (Å²) in [5.74, 6) is 1.21. The molecule has 0 radical (unpaired) electrons. The molecule has 2 N–H and O–H groups in total. The summed E-state index contributed by atoms with van der Waals surface area (Å²) in [5, 5.41) is 0. The van der Waals surface area contributed by atoms with Gasteiger partial charge >= 0.3 is 0 Å². The number of piperidine rings is 1. The van der Waals surface area contributed by atoms with Gasteiger partial charge in [0.05, 0.1) is 0 Å². The number of carbonyl (C=O) groups is 1. The lowest BCUT2D eigenvalue weighted by Gasteiger charge is -2.33. The number of amides is 1. The molecule has 2 rings (SSSR count). The third-order valence-electron chi connectivity index (χ3n) is 5.67. The van der Waals surface area contributed by atoms with Gasteiger partial charge in [-0.15, -0.1) is 12.4 Å². The maximum Gasteiger partial charge on any atom is 0.226 e. The summed E-state index contributed by atoms with van der Waals surface area (Å²) in [7, 11) is 0. The highest BCUT2D eigenvalue weighted by atomic mass is 35.5. The molecular formula is C15H29ClN2O. The van der Waals surface area contributed by atoms with Crippen LogP contribution in [0.25, 0.3) is 0 Å². The molecule has 1 saturated carbocycles. The van der Waals surface area contributed by atoms with Gasteiger partial charge in [0.1, 0.15) is 0 Å². The fourth-order valence-corrected chi connectivity index (χ4v) is 3.73. The van der Waals surface area contributed by atoms with Gasteiger partial charge in [-0.05, 0) is 42.6 Å². The summed E-state index contributed by atoms with van der Waals surface area (Å²) >= 11 is 0. The Labute approximate surface area is 123 Å². The SMILES string of the molecule is CC1(C)C(C(=O)N2CCCC(CCN)C2)C1(C)C.Cl. The molecule has 1 aliphatic carbocycles. The van der Waals surface area contributed by atoms with Gasteiger partial charge in [-0.1, -0.05) is 27.7 Å². The zero-order valence-corrected chi connectivity index (χ0v) is 13.6. The Hall–Kier alpha value is -0.280. The van der Waals surface area contributed by atoms with Crippen LogP contribution in [0.2, 0.25) is 0 Å². The Morgan fingerprint density at radius 3 is 2.32 bits per heavy atom. The molecule has 1 aliphatic heterocycles. The highest BCUT2D eigenvalue weighted by Gasteiger charge is 2.68. The fraction of sp³-hybridized carbons (Fsp3) is 0.933. The molecular weight excluding hydrogens is 260 g/mol. The Balaban J connectivity index is 0.00000180. The third kappa shape index (κ3) is 2.78. The van der Waals surface area contributed by atoms with Crippen molar-refractivity contribution in [3.63, 3.8) is 0 Å². The van der Waals surface area contributed by atoms with Crippen LogP contribution in [0.4, 0.5) is 0 Å². The van der Waals surface area contributed by atoms with Gasteiger partial charge in [-0.25, -0.2) is 0 Å². The van der Waals surface area contributed by atoms with Crippen LogP contribution in [0.3, 0.4) is 0 Å². The largest absolute Gasteiger partial charge is 0.342 e. The zero-order chi connectivity index (χ0) is 13.6. The molecule has 0 bridgehead atoms. The minimum atomic E-state index is 0. The molecule has 1 unspecified atom stereocenters. The third-order valence-corrected chi connectivity index (χ3v) is 5.67. The first kappa shape index (κ1) is 16.8. The maximum absolute atomic E-state index is 12.6. The lowest BCUT2D eigenvalue weighted by atomic mass is 9.94. The van der Waals surface area contributed by atoms with E-state index in [4.69, 9.17) is 5.73 Å². The van der Waals surface area contributed by atoms with E-state index in [9.17, 15) is 4.79 Å². The van der Waals surface area contributed by atoms with Crippen molar-refractivity contribution in [2.45, 2.75) is 47.0 Å². The van der Waals surface area contributed by atoms with E-state index in [-0.39, 0.29) is 29.2 Å². The number of nitrogens with zero attached hydrogens (tertiary/aromatic N) is 1. The van der Waals surface area contributed by atoms with Crippen molar-refractivity contribution in [3.8, 4) is 0 Å². The van der Waals surface area contributed by atoms with Crippen molar-refractivity contribution < 1.29 is 4.79 Å². The van der Waals surface area contributed by atoms with E-state index in [0.29, 0.717) is 11.8 Å². The van der Waals surface area contributed by atoms with Crippen LogP contribution < -0.4 is 5.73 Å². The minimum absolute atomic E-state index is 0. The average Bonchev–Trinajstić information content (AvgIpc) is 2.69. The molecule has 1 heterocycles. The molecule has 2 fully saturated rings. The van der Waals surface area contributed by atoms with Crippen molar-refractivity contribution in [3.05, 3.63) is 0 Å². The van der Waals surface area contributed by atoms with Gasteiger partial charge in [-0.2, -0.15) is 0 Å². The normalized spacial score (nSPS) is 28.7. The number of rotatable bonds is 3. The molecule has 1 amide bonds. The Morgan fingerprint density at radius 2 is 1.84 bits per heavy atom. The molecule has 4 heteroatoms. The monoisotopic (exact) mass is 288 g/mol. The maximum atomic E-state index is 12.6. The summed E-state index contributed by atoms with van der Waals surface area (Å²) in [6.07, 6.45) is 3.43. The van der Waals surface area contributed by atoms with Crippen molar-refractivity contribution >= 4 is 18.3 Å². The van der Waals surface area contributed by atoms with Gasteiger partial charge in [0, 0.05) is 19.0 Å². The second-order valence-electron chi connectivity index (χ2n) is 7.25. The number of hydrogen-bond donors (Lipinski definition) is 1. The molecule has 112 valence electrons. The van der Waals surface area contributed by atoms with Crippen LogP contribution in [-0.4, -0.2) is 30.4 Å². The van der Waals surface area contributed by atoms with E-state index in [1.165, 1.54) is 6.42 Å². The van der Waals surface area contributed by atoms with Crippen LogP contribution in [0, 0.1) is 22.7 Å². The second kappa shape index (κ2) is 5.61. The predicted molar refractivity (Wildman–Crippen MR) is 81.3 cm³/mol. The van der Waals surface area contributed by atoms with Crippen LogP contribution in [0.15, 0.2) is 0 Å². The average molecular weight is 289 g/mol. The standard InChI is InChI=1S/C15H28N2O.ClH/c1-14(2)12(15(14,3)4)13(18)17-9-5-6-11(10-17)7-8-16;/h11-12H,5-10,16H2,1-4H3;1H. The van der Waals surface area contributed by atoms with Crippen molar-refractivity contribution in [2.75, 3.05) is 19.6 Å². The summed E-state index contributed by atoms with van der Waals surface area (Å²) in [4.78, 5) is 14.7. The molecule has 0 aromatic carbocycles. The number of carbonyl (C=O) groups excluding carboxylic acids is 1. The van der Waals surface area contributed by atoms with Gasteiger partial charge in [0.15, 0.2) is 0 Å². The summed E-state index contributed by atoms with van der Waals surface area (Å²) in [6.45, 7) is 11.5. The lowest BCUT2D eigenvalue weighted by Crippen LogP contribution is -2.42. The van der Waals surface area contributed by atoms with E-state index in [1.807, 2.05) is 0 Å². The zero-order valence-electron chi connectivity index (χ0n) is 12.7. The number of halogens is 1. The first-order valence-corrected chi connectivity index (χ1v) is 7.31. The van der Waals surface area contributed by atoms with Crippen LogP contribution in [0.5, 0.6) is 0 Å². The number of hydrogen-bond acceptors (Lipinski definition) is 2. The van der Waals surface area contributed by atoms with Gasteiger partial charge in [-0.3, -0.25) is 4.79 Å². The predicted octanol–water partition coefficient (Wildman–Crippen LogP) is 2.68. The summed E-state index contributed by atoms with van der Waals surface area (Å²) in [5.41, 5.74) is 5.95. The summed E-state index contributed by atoms with van der Waals surface area (Å²) < 4.78 is 0. The van der Waals surface area contributed by atoms with Crippen LogP contribution >= 0.6 is 12.4 Å². The summed E-state index contributed by atoms with van der Waals surface area (Å²) in [6, 6.07) is 0. The van der Waals surface area contributed by atoms with Gasteiger partial charge in [0.25, 0.3) is 0 Å². The molecule has 1 saturated heterocycles. The van der Waals surface area contributed by atoms with Gasteiger partial charge < -0.3 is 10.6 Å². The molecule has 3 nitrogen and oxygen atoms in total. The lowest BCUT2D eigenvalue weighted by molar-refractivity contribution is -0.135. The van der Waals surface area contributed by atoms with Crippen molar-refractivity contribution in [1.29, 1.82) is 0 Å². The smallest absolute Gasteiger partial charge is 0.226 e. The highest BCUT2D eigenvalue weighted by molar-refractivity contribution is 5.85. The van der Waals surface area contributed by atoms with E-state index in [2.05, 4.69) is 32.6 Å². The number of likely N-dealkylation sites (tertiary alicyclic amines) is 1. The first-order chi connectivity index (χ1) is 8.32. The fourth-order valence-electron chi connectivity index (χ4n) is 3.73. The van der Waals surface area contributed by atoms with E-state index in [0.717, 1.165) is 32.5 Å². The van der Waals surface area contributed by atoms with Gasteiger partial charge in [0.2, 0.25) is 5.91 Å². The molecule has 0 aromatic heterocycles. The van der Waals surface area contributed by atoms with Crippen molar-refractivity contribution in [1.82, 2.24) is 4.90 Å². The van der Waals surface area contributed by atoms with E-state index >= 15 is 0 Å². The van der Waals surface area contributed by atoms with Crippen LogP contribution in [-0.2, 0) is 4.79 Å². The Bertz CT molecular complexity index is 325. The van der Waals surface area contributed by atoms with E-state index in [1.54, 1.807) is 0 Å². The van der Waals surface area contributed by atoms with Crippen molar-refractivity contribution in [2.24, 2.45) is 28.4 Å². The molecule has 19 heavy (non-hydrogen) atoms. The molecule has 0 spiro atoms. The molecule has 0 aromatic rings. The Morgan fingerprint density at radius 1 is 1.26 bits per heavy atom. The second-order valence-corrected chi connectivity index (χ2v) is 7.25. The first-order valence-electron chi connectivity index (χ1n) is 7.31. The topological polar surface area (TPSA) is 46.3 Å². The highest BCUT2D eigenvalue weighted by Crippen LogP contribution is 2.68. The number of nitrogens with two attached hydrogens (primary N) is 1. The Kier molecular flexibility index (Phi) is 4.95.